The fourth-order valence-electron chi connectivity index (χ4n) is 1.61. The third kappa shape index (κ3) is 2.71. The molecule has 2 rings (SSSR count). The van der Waals surface area contributed by atoms with Crippen LogP contribution in [0.2, 0.25) is 0 Å². The Morgan fingerprint density at radius 2 is 1.80 bits per heavy atom. The molecule has 0 aliphatic carbocycles. The maximum atomic E-state index is 13.5. The zero-order valence-electron chi connectivity index (χ0n) is 10.4. The number of halogens is 3. The summed E-state index contributed by atoms with van der Waals surface area (Å²) in [5.41, 5.74) is -0.713. The van der Waals surface area contributed by atoms with Gasteiger partial charge < -0.3 is 10.6 Å². The molecular weight excluding hydrogens is 271 g/mol. The van der Waals surface area contributed by atoms with Crippen LogP contribution < -0.4 is 10.6 Å². The molecule has 0 saturated heterocycles. The van der Waals surface area contributed by atoms with Gasteiger partial charge in [-0.15, -0.1) is 0 Å². The van der Waals surface area contributed by atoms with Gasteiger partial charge in [-0.05, 0) is 18.2 Å². The van der Waals surface area contributed by atoms with Crippen molar-refractivity contribution in [3.8, 4) is 0 Å². The number of aromatic nitrogens is 1. The Labute approximate surface area is 112 Å². The molecule has 1 amide bonds. The number of carbonyl (C=O) groups excluding carboxylic acids is 1. The van der Waals surface area contributed by atoms with E-state index in [1.165, 1.54) is 19.3 Å². The molecule has 2 aromatic rings. The average molecular weight is 281 g/mol. The lowest BCUT2D eigenvalue weighted by Crippen LogP contribution is -2.14. The minimum atomic E-state index is -0.909. The van der Waals surface area contributed by atoms with Crippen molar-refractivity contribution in [1.82, 2.24) is 4.98 Å². The van der Waals surface area contributed by atoms with Crippen molar-refractivity contribution >= 4 is 17.3 Å². The number of rotatable bonds is 3. The molecule has 7 heteroatoms. The van der Waals surface area contributed by atoms with Crippen LogP contribution in [0.1, 0.15) is 10.4 Å². The molecule has 0 radical (unpaired) electrons. The number of pyridine rings is 1. The van der Waals surface area contributed by atoms with Gasteiger partial charge in [0.1, 0.15) is 17.3 Å². The molecule has 0 spiro atoms. The summed E-state index contributed by atoms with van der Waals surface area (Å²) in [6.45, 7) is 0. The Hall–Kier alpha value is -2.57. The van der Waals surface area contributed by atoms with Crippen molar-refractivity contribution < 1.29 is 18.0 Å². The van der Waals surface area contributed by atoms with Gasteiger partial charge in [-0.1, -0.05) is 0 Å². The first-order chi connectivity index (χ1) is 9.52. The van der Waals surface area contributed by atoms with Crippen molar-refractivity contribution in [3.05, 3.63) is 53.6 Å². The Morgan fingerprint density at radius 3 is 2.35 bits per heavy atom. The Kier molecular flexibility index (Phi) is 3.88. The van der Waals surface area contributed by atoms with Crippen molar-refractivity contribution in [3.63, 3.8) is 0 Å². The van der Waals surface area contributed by atoms with Crippen LogP contribution in [0.15, 0.2) is 30.6 Å². The first-order valence-electron chi connectivity index (χ1n) is 5.60. The zero-order valence-corrected chi connectivity index (χ0v) is 10.4. The molecule has 1 heterocycles. The summed E-state index contributed by atoms with van der Waals surface area (Å²) in [5, 5.41) is 4.55. The fraction of sp³-hybridized carbons (Fsp3) is 0.0769. The van der Waals surface area contributed by atoms with E-state index in [2.05, 4.69) is 15.6 Å². The first kappa shape index (κ1) is 13.9. The number of benzene rings is 1. The second-order valence-electron chi connectivity index (χ2n) is 3.87. The highest BCUT2D eigenvalue weighted by molar-refractivity contribution is 6.04. The number of nitrogens with one attached hydrogen (secondary N) is 2. The van der Waals surface area contributed by atoms with Crippen molar-refractivity contribution in [2.24, 2.45) is 0 Å². The van der Waals surface area contributed by atoms with E-state index >= 15 is 0 Å². The molecule has 0 aliphatic heterocycles. The number of nitrogens with zero attached hydrogens (tertiary/aromatic N) is 1. The van der Waals surface area contributed by atoms with Crippen LogP contribution in [0.3, 0.4) is 0 Å². The highest BCUT2D eigenvalue weighted by atomic mass is 19.1. The molecule has 20 heavy (non-hydrogen) atoms. The van der Waals surface area contributed by atoms with Gasteiger partial charge in [0, 0.05) is 18.8 Å². The smallest absolute Gasteiger partial charge is 0.255 e. The van der Waals surface area contributed by atoms with Crippen LogP contribution in [0.5, 0.6) is 0 Å². The number of hydrogen-bond donors (Lipinski definition) is 2. The minimum absolute atomic E-state index is 0.122. The Morgan fingerprint density at radius 1 is 1.15 bits per heavy atom. The largest absolute Gasteiger partial charge is 0.383 e. The van der Waals surface area contributed by atoms with Crippen LogP contribution in [-0.2, 0) is 0 Å². The summed E-state index contributed by atoms with van der Waals surface area (Å²) < 4.78 is 40.4. The highest BCUT2D eigenvalue weighted by Gasteiger charge is 2.15. The van der Waals surface area contributed by atoms with E-state index in [9.17, 15) is 18.0 Å². The predicted octanol–water partition coefficient (Wildman–Crippen LogP) is 2.79. The molecule has 0 bridgehead atoms. The van der Waals surface area contributed by atoms with Crippen LogP contribution in [0.25, 0.3) is 0 Å². The maximum absolute atomic E-state index is 13.5. The SMILES string of the molecule is CNc1c(F)cc(C(=O)Nc2ccncc2F)cc1F. The van der Waals surface area contributed by atoms with E-state index in [4.69, 9.17) is 0 Å². The lowest BCUT2D eigenvalue weighted by molar-refractivity contribution is 0.102. The normalized spacial score (nSPS) is 10.2. The number of carbonyl (C=O) groups is 1. The molecule has 104 valence electrons. The van der Waals surface area contributed by atoms with Gasteiger partial charge in [-0.2, -0.15) is 0 Å². The highest BCUT2D eigenvalue weighted by Crippen LogP contribution is 2.21. The molecule has 0 atom stereocenters. The topological polar surface area (TPSA) is 54.0 Å². The van der Waals surface area contributed by atoms with Crippen molar-refractivity contribution in [1.29, 1.82) is 0 Å². The minimum Gasteiger partial charge on any atom is -0.383 e. The number of hydrogen-bond acceptors (Lipinski definition) is 3. The third-order valence-corrected chi connectivity index (χ3v) is 2.57. The molecule has 1 aromatic carbocycles. The summed E-state index contributed by atoms with van der Waals surface area (Å²) >= 11 is 0. The zero-order chi connectivity index (χ0) is 14.7. The molecule has 4 nitrogen and oxygen atoms in total. The van der Waals surface area contributed by atoms with Gasteiger partial charge in [-0.3, -0.25) is 9.78 Å². The van der Waals surface area contributed by atoms with Crippen LogP contribution in [0.4, 0.5) is 24.5 Å². The lowest BCUT2D eigenvalue weighted by atomic mass is 10.1. The van der Waals surface area contributed by atoms with Gasteiger partial charge in [0.15, 0.2) is 5.82 Å². The van der Waals surface area contributed by atoms with Crippen molar-refractivity contribution in [2.45, 2.75) is 0 Å². The van der Waals surface area contributed by atoms with E-state index in [1.807, 2.05) is 0 Å². The predicted molar refractivity (Wildman–Crippen MR) is 68.1 cm³/mol. The second-order valence-corrected chi connectivity index (χ2v) is 3.87. The summed E-state index contributed by atoms with van der Waals surface area (Å²) in [7, 11) is 1.35. The molecule has 2 N–H and O–H groups in total. The van der Waals surface area contributed by atoms with Crippen LogP contribution >= 0.6 is 0 Å². The Balaban J connectivity index is 2.29. The summed E-state index contributed by atoms with van der Waals surface area (Å²) in [6, 6.07) is 2.97. The van der Waals surface area contributed by atoms with E-state index in [0.717, 1.165) is 18.3 Å². The molecule has 0 aliphatic rings. The van der Waals surface area contributed by atoms with Gasteiger partial charge >= 0.3 is 0 Å². The average Bonchev–Trinajstić information content (AvgIpc) is 2.41. The van der Waals surface area contributed by atoms with Crippen molar-refractivity contribution in [2.75, 3.05) is 17.7 Å². The first-order valence-corrected chi connectivity index (χ1v) is 5.60. The third-order valence-electron chi connectivity index (χ3n) is 2.57. The van der Waals surface area contributed by atoms with E-state index in [1.54, 1.807) is 0 Å². The van der Waals surface area contributed by atoms with Gasteiger partial charge in [0.25, 0.3) is 5.91 Å². The summed E-state index contributed by atoms with van der Waals surface area (Å²) in [5.74, 6) is -3.38. The summed E-state index contributed by atoms with van der Waals surface area (Å²) in [6.07, 6.45) is 2.20. The van der Waals surface area contributed by atoms with E-state index in [-0.39, 0.29) is 16.9 Å². The quantitative estimate of drug-likeness (QED) is 0.909. The second kappa shape index (κ2) is 5.60. The fourth-order valence-corrected chi connectivity index (χ4v) is 1.61. The molecule has 0 unspecified atom stereocenters. The van der Waals surface area contributed by atoms with Gasteiger partial charge in [0.05, 0.1) is 11.9 Å². The molecule has 0 fully saturated rings. The van der Waals surface area contributed by atoms with E-state index in [0.29, 0.717) is 0 Å². The summed E-state index contributed by atoms with van der Waals surface area (Å²) in [4.78, 5) is 15.3. The monoisotopic (exact) mass is 281 g/mol. The van der Waals surface area contributed by atoms with Crippen LogP contribution in [0, 0.1) is 17.5 Å². The van der Waals surface area contributed by atoms with E-state index < -0.39 is 23.4 Å². The lowest BCUT2D eigenvalue weighted by Gasteiger charge is -2.09. The van der Waals surface area contributed by atoms with Gasteiger partial charge in [0.2, 0.25) is 0 Å². The number of amides is 1. The van der Waals surface area contributed by atoms with Gasteiger partial charge in [-0.25, -0.2) is 13.2 Å². The Bertz CT molecular complexity index is 638. The number of anilines is 2. The standard InChI is InChI=1S/C13H10F3N3O/c1-17-12-8(14)4-7(5-9(12)15)13(20)19-11-2-3-18-6-10(11)16/h2-6,17H,1H3,(H,18,19,20). The molecule has 0 saturated carbocycles. The van der Waals surface area contributed by atoms with Crippen LogP contribution in [-0.4, -0.2) is 17.9 Å². The molecule has 1 aromatic heterocycles. The maximum Gasteiger partial charge on any atom is 0.255 e. The molecular formula is C13H10F3N3O.